The van der Waals surface area contributed by atoms with Gasteiger partial charge >= 0.3 is 5.97 Å². The molecule has 1 aromatic heterocycles. The maximum atomic E-state index is 11.0. The van der Waals surface area contributed by atoms with E-state index in [9.17, 15) is 4.79 Å². The Bertz CT molecular complexity index is 616. The molecule has 6 nitrogen and oxygen atoms in total. The number of nitrogens with zero attached hydrogens (tertiary/aromatic N) is 2. The number of rotatable bonds is 8. The molecule has 0 aliphatic heterocycles. The van der Waals surface area contributed by atoms with Crippen molar-refractivity contribution in [3.8, 4) is 5.88 Å². The molecule has 0 saturated carbocycles. The molecule has 0 radical (unpaired) electrons. The maximum Gasteiger partial charge on any atom is 0.374 e. The van der Waals surface area contributed by atoms with Crippen molar-refractivity contribution in [1.29, 1.82) is 0 Å². The van der Waals surface area contributed by atoms with E-state index in [2.05, 4.69) is 16.9 Å². The van der Waals surface area contributed by atoms with E-state index in [4.69, 9.17) is 14.6 Å². The van der Waals surface area contributed by atoms with E-state index in [1.54, 1.807) is 18.2 Å². The molecule has 0 unspecified atom stereocenters. The molecule has 0 atom stereocenters. The molecule has 2 aromatic rings. The summed E-state index contributed by atoms with van der Waals surface area (Å²) in [6.07, 6.45) is 2.10. The number of unbranched alkanes of at least 4 members (excludes halogenated alkanes) is 1. The zero-order valence-corrected chi connectivity index (χ0v) is 11.9. The third kappa shape index (κ3) is 4.13. The van der Waals surface area contributed by atoms with Crippen molar-refractivity contribution in [2.24, 2.45) is 0 Å². The van der Waals surface area contributed by atoms with Crippen LogP contribution in [0.1, 0.15) is 30.4 Å². The van der Waals surface area contributed by atoms with Crippen LogP contribution in [0.4, 0.5) is 0 Å². The van der Waals surface area contributed by atoms with Crippen molar-refractivity contribution in [2.75, 3.05) is 19.8 Å². The van der Waals surface area contributed by atoms with Crippen molar-refractivity contribution >= 4 is 16.9 Å². The average molecular weight is 290 g/mol. The zero-order valence-electron chi connectivity index (χ0n) is 11.9. The largest absolute Gasteiger partial charge is 0.475 e. The first-order valence-corrected chi connectivity index (χ1v) is 6.93. The van der Waals surface area contributed by atoms with Gasteiger partial charge in [-0.3, -0.25) is 0 Å². The second-order valence-electron chi connectivity index (χ2n) is 4.49. The smallest absolute Gasteiger partial charge is 0.374 e. The molecule has 1 N–H and O–H groups in total. The predicted octanol–water partition coefficient (Wildman–Crippen LogP) is 2.52. The third-order valence-corrected chi connectivity index (χ3v) is 2.87. The average Bonchev–Trinajstić information content (AvgIpc) is 2.50. The van der Waals surface area contributed by atoms with Crippen LogP contribution in [0.25, 0.3) is 10.9 Å². The van der Waals surface area contributed by atoms with Gasteiger partial charge in [-0.2, -0.15) is 4.98 Å². The Balaban J connectivity index is 2.08. The SMILES string of the molecule is CCCCOCCOc1nc(C(=O)O)nc2ccccc12. The molecule has 0 bridgehead atoms. The summed E-state index contributed by atoms with van der Waals surface area (Å²) in [5.74, 6) is -1.17. The van der Waals surface area contributed by atoms with Crippen LogP contribution >= 0.6 is 0 Å². The minimum Gasteiger partial charge on any atom is -0.475 e. The first-order valence-electron chi connectivity index (χ1n) is 6.93. The van der Waals surface area contributed by atoms with Gasteiger partial charge in [0.15, 0.2) is 0 Å². The van der Waals surface area contributed by atoms with Crippen LogP contribution in [-0.2, 0) is 4.74 Å². The summed E-state index contributed by atoms with van der Waals surface area (Å²) in [6, 6.07) is 7.15. The third-order valence-electron chi connectivity index (χ3n) is 2.87. The van der Waals surface area contributed by atoms with Crippen LogP contribution in [0.3, 0.4) is 0 Å². The number of hydrogen-bond donors (Lipinski definition) is 1. The zero-order chi connectivity index (χ0) is 15.1. The van der Waals surface area contributed by atoms with E-state index in [0.29, 0.717) is 30.7 Å². The molecule has 0 fully saturated rings. The fraction of sp³-hybridized carbons (Fsp3) is 0.400. The van der Waals surface area contributed by atoms with Gasteiger partial charge in [-0.25, -0.2) is 9.78 Å². The van der Waals surface area contributed by atoms with Crippen molar-refractivity contribution in [2.45, 2.75) is 19.8 Å². The number of aromatic carboxylic acids is 1. The van der Waals surface area contributed by atoms with E-state index in [0.717, 1.165) is 12.8 Å². The lowest BCUT2D eigenvalue weighted by Gasteiger charge is -2.09. The lowest BCUT2D eigenvalue weighted by atomic mass is 10.2. The van der Waals surface area contributed by atoms with Gasteiger partial charge in [0, 0.05) is 6.61 Å². The lowest BCUT2D eigenvalue weighted by molar-refractivity contribution is 0.0681. The van der Waals surface area contributed by atoms with Crippen molar-refractivity contribution < 1.29 is 19.4 Å². The standard InChI is InChI=1S/C15H18N2O4/c1-2-3-8-20-9-10-21-14-11-6-4-5-7-12(11)16-13(17-14)15(18)19/h4-7H,2-3,8-10H2,1H3,(H,18,19). The Morgan fingerprint density at radius 2 is 2.00 bits per heavy atom. The van der Waals surface area contributed by atoms with Crippen LogP contribution in [0.15, 0.2) is 24.3 Å². The number of carboxylic acids is 1. The number of aromatic nitrogens is 2. The van der Waals surface area contributed by atoms with Crippen LogP contribution in [-0.4, -0.2) is 40.9 Å². The topological polar surface area (TPSA) is 81.5 Å². The molecule has 0 aliphatic carbocycles. The van der Waals surface area contributed by atoms with Crippen molar-refractivity contribution in [3.05, 3.63) is 30.1 Å². The van der Waals surface area contributed by atoms with Crippen LogP contribution in [0, 0.1) is 0 Å². The van der Waals surface area contributed by atoms with Gasteiger partial charge in [0.2, 0.25) is 11.7 Å². The fourth-order valence-corrected chi connectivity index (χ4v) is 1.80. The molecular weight excluding hydrogens is 272 g/mol. The van der Waals surface area contributed by atoms with Crippen molar-refractivity contribution in [1.82, 2.24) is 9.97 Å². The highest BCUT2D eigenvalue weighted by atomic mass is 16.5. The number of benzene rings is 1. The van der Waals surface area contributed by atoms with Crippen LogP contribution < -0.4 is 4.74 Å². The van der Waals surface area contributed by atoms with E-state index < -0.39 is 5.97 Å². The van der Waals surface area contributed by atoms with Gasteiger partial charge in [-0.1, -0.05) is 25.5 Å². The number of carbonyl (C=O) groups is 1. The molecular formula is C15H18N2O4. The molecule has 112 valence electrons. The van der Waals surface area contributed by atoms with Gasteiger partial charge in [-0.15, -0.1) is 0 Å². The predicted molar refractivity (Wildman–Crippen MR) is 77.7 cm³/mol. The van der Waals surface area contributed by atoms with Crippen molar-refractivity contribution in [3.63, 3.8) is 0 Å². The first kappa shape index (κ1) is 15.2. The Morgan fingerprint density at radius 3 is 2.76 bits per heavy atom. The molecule has 0 spiro atoms. The van der Waals surface area contributed by atoms with E-state index in [-0.39, 0.29) is 11.7 Å². The second kappa shape index (κ2) is 7.54. The van der Waals surface area contributed by atoms with Crippen LogP contribution in [0.2, 0.25) is 0 Å². The number of fused-ring (bicyclic) bond motifs is 1. The van der Waals surface area contributed by atoms with E-state index in [1.165, 1.54) is 0 Å². The minimum atomic E-state index is -1.18. The van der Waals surface area contributed by atoms with E-state index in [1.807, 2.05) is 6.07 Å². The molecule has 6 heteroatoms. The van der Waals surface area contributed by atoms with Gasteiger partial charge in [-0.05, 0) is 18.6 Å². The monoisotopic (exact) mass is 290 g/mol. The summed E-state index contributed by atoms with van der Waals surface area (Å²) < 4.78 is 11.0. The Kier molecular flexibility index (Phi) is 5.45. The molecule has 21 heavy (non-hydrogen) atoms. The maximum absolute atomic E-state index is 11.0. The summed E-state index contributed by atoms with van der Waals surface area (Å²) >= 11 is 0. The van der Waals surface area contributed by atoms with Gasteiger partial charge in [0.1, 0.15) is 6.61 Å². The fourth-order valence-electron chi connectivity index (χ4n) is 1.80. The van der Waals surface area contributed by atoms with E-state index >= 15 is 0 Å². The molecule has 2 rings (SSSR count). The first-order chi connectivity index (χ1) is 10.2. The summed E-state index contributed by atoms with van der Waals surface area (Å²) in [7, 11) is 0. The molecule has 0 saturated heterocycles. The normalized spacial score (nSPS) is 10.7. The highest BCUT2D eigenvalue weighted by Crippen LogP contribution is 2.22. The number of ether oxygens (including phenoxy) is 2. The highest BCUT2D eigenvalue weighted by molar-refractivity contribution is 5.89. The summed E-state index contributed by atoms with van der Waals surface area (Å²) in [5.41, 5.74) is 0.548. The quantitative estimate of drug-likeness (QED) is 0.752. The second-order valence-corrected chi connectivity index (χ2v) is 4.49. The molecule has 1 aromatic carbocycles. The lowest BCUT2D eigenvalue weighted by Crippen LogP contribution is -2.11. The Morgan fingerprint density at radius 1 is 1.19 bits per heavy atom. The highest BCUT2D eigenvalue weighted by Gasteiger charge is 2.13. The van der Waals surface area contributed by atoms with Gasteiger partial charge in [0.05, 0.1) is 17.5 Å². The summed E-state index contributed by atoms with van der Waals surface area (Å²) in [5, 5.41) is 9.72. The number of para-hydroxylation sites is 1. The Hall–Kier alpha value is -2.21. The Labute approximate surface area is 122 Å². The van der Waals surface area contributed by atoms with Gasteiger partial charge in [0.25, 0.3) is 0 Å². The number of carboxylic acid groups (broad SMARTS) is 1. The number of hydrogen-bond acceptors (Lipinski definition) is 5. The molecule has 1 heterocycles. The minimum absolute atomic E-state index is 0.268. The molecule has 0 amide bonds. The van der Waals surface area contributed by atoms with Crippen LogP contribution in [0.5, 0.6) is 5.88 Å². The van der Waals surface area contributed by atoms with Gasteiger partial charge < -0.3 is 14.6 Å². The summed E-state index contributed by atoms with van der Waals surface area (Å²) in [4.78, 5) is 19.0. The molecule has 0 aliphatic rings. The summed E-state index contributed by atoms with van der Waals surface area (Å²) in [6.45, 7) is 3.57.